The van der Waals surface area contributed by atoms with E-state index in [1.165, 1.54) is 16.2 Å². The molecule has 92 valence electrons. The third kappa shape index (κ3) is 1.95. The van der Waals surface area contributed by atoms with E-state index in [9.17, 15) is 9.59 Å². The van der Waals surface area contributed by atoms with Gasteiger partial charge in [0.15, 0.2) is 0 Å². The Balaban J connectivity index is 1.87. The topological polar surface area (TPSA) is 62.3 Å². The lowest BCUT2D eigenvalue weighted by Crippen LogP contribution is -2.49. The number of amides is 3. The van der Waals surface area contributed by atoms with E-state index in [2.05, 4.69) is 10.3 Å². The predicted octanol–water partition coefficient (Wildman–Crippen LogP) is 1.74. The molecular weight excluding hydrogens is 250 g/mol. The highest BCUT2D eigenvalue weighted by molar-refractivity contribution is 7.18. The average molecular weight is 261 g/mol. The molecule has 3 rings (SSSR count). The molecule has 0 aliphatic carbocycles. The number of nitrogens with zero attached hydrogens (tertiary/aromatic N) is 2. The summed E-state index contributed by atoms with van der Waals surface area (Å²) >= 11 is 1.51. The molecule has 1 aromatic carbocycles. The number of hydrogen-bond donors (Lipinski definition) is 1. The van der Waals surface area contributed by atoms with Gasteiger partial charge in [-0.3, -0.25) is 9.69 Å². The van der Waals surface area contributed by atoms with Crippen LogP contribution in [0.4, 0.5) is 4.79 Å². The van der Waals surface area contributed by atoms with Crippen molar-refractivity contribution in [1.29, 1.82) is 0 Å². The molecule has 0 radical (unpaired) electrons. The Morgan fingerprint density at radius 2 is 2.17 bits per heavy atom. The van der Waals surface area contributed by atoms with Crippen LogP contribution in [-0.4, -0.2) is 28.4 Å². The Morgan fingerprint density at radius 1 is 1.33 bits per heavy atom. The first-order valence-corrected chi connectivity index (χ1v) is 6.48. The number of nitrogens with one attached hydrogen (secondary N) is 1. The van der Waals surface area contributed by atoms with E-state index in [0.29, 0.717) is 13.0 Å². The molecule has 0 bridgehead atoms. The second-order valence-electron chi connectivity index (χ2n) is 4.04. The number of imide groups is 1. The molecule has 3 amide bonds. The van der Waals surface area contributed by atoms with Crippen molar-refractivity contribution in [3.05, 3.63) is 29.3 Å². The van der Waals surface area contributed by atoms with Gasteiger partial charge in [0, 0.05) is 13.0 Å². The third-order valence-electron chi connectivity index (χ3n) is 2.79. The molecule has 18 heavy (non-hydrogen) atoms. The van der Waals surface area contributed by atoms with Crippen LogP contribution in [-0.2, 0) is 11.3 Å². The first kappa shape index (κ1) is 11.2. The van der Waals surface area contributed by atoms with Crippen molar-refractivity contribution in [1.82, 2.24) is 15.2 Å². The zero-order valence-electron chi connectivity index (χ0n) is 9.55. The number of urea groups is 1. The molecule has 5 nitrogen and oxygen atoms in total. The Hall–Kier alpha value is -1.95. The maximum absolute atomic E-state index is 11.7. The van der Waals surface area contributed by atoms with Gasteiger partial charge < -0.3 is 5.32 Å². The van der Waals surface area contributed by atoms with Crippen LogP contribution in [0.2, 0.25) is 0 Å². The van der Waals surface area contributed by atoms with Gasteiger partial charge in [0.1, 0.15) is 5.01 Å². The summed E-state index contributed by atoms with van der Waals surface area (Å²) in [6.45, 7) is 0.679. The van der Waals surface area contributed by atoms with Gasteiger partial charge in [-0.15, -0.1) is 11.3 Å². The molecule has 1 aromatic heterocycles. The van der Waals surface area contributed by atoms with Crippen LogP contribution in [0.25, 0.3) is 10.2 Å². The van der Waals surface area contributed by atoms with Crippen LogP contribution in [0.1, 0.15) is 11.4 Å². The van der Waals surface area contributed by atoms with E-state index in [-0.39, 0.29) is 18.5 Å². The fourth-order valence-electron chi connectivity index (χ4n) is 1.90. The smallest absolute Gasteiger partial charge is 0.324 e. The highest BCUT2D eigenvalue weighted by atomic mass is 32.1. The van der Waals surface area contributed by atoms with E-state index >= 15 is 0 Å². The van der Waals surface area contributed by atoms with E-state index in [4.69, 9.17) is 0 Å². The van der Waals surface area contributed by atoms with Crippen molar-refractivity contribution in [2.45, 2.75) is 13.0 Å². The molecule has 0 unspecified atom stereocenters. The molecule has 6 heteroatoms. The molecule has 1 N–H and O–H groups in total. The van der Waals surface area contributed by atoms with Crippen molar-refractivity contribution < 1.29 is 9.59 Å². The lowest BCUT2D eigenvalue weighted by molar-refractivity contribution is -0.129. The van der Waals surface area contributed by atoms with E-state index in [0.717, 1.165) is 15.2 Å². The van der Waals surface area contributed by atoms with Crippen molar-refractivity contribution in [3.63, 3.8) is 0 Å². The van der Waals surface area contributed by atoms with Crippen LogP contribution in [0.15, 0.2) is 24.3 Å². The van der Waals surface area contributed by atoms with E-state index < -0.39 is 0 Å². The number of thiazole rings is 1. The monoisotopic (exact) mass is 261 g/mol. The quantitative estimate of drug-likeness (QED) is 0.895. The highest BCUT2D eigenvalue weighted by Crippen LogP contribution is 2.23. The maximum Gasteiger partial charge on any atom is 0.324 e. The zero-order chi connectivity index (χ0) is 12.5. The molecule has 2 heterocycles. The maximum atomic E-state index is 11.7. The highest BCUT2D eigenvalue weighted by Gasteiger charge is 2.26. The SMILES string of the molecule is O=C1CCNC(=O)N1Cc1nc2ccccc2s1. The summed E-state index contributed by atoms with van der Waals surface area (Å²) in [5.41, 5.74) is 0.905. The van der Waals surface area contributed by atoms with Crippen LogP contribution in [0.5, 0.6) is 0 Å². The van der Waals surface area contributed by atoms with Crippen LogP contribution < -0.4 is 5.32 Å². The largest absolute Gasteiger partial charge is 0.337 e. The van der Waals surface area contributed by atoms with Gasteiger partial charge in [-0.05, 0) is 12.1 Å². The summed E-state index contributed by atoms with van der Waals surface area (Å²) in [6, 6.07) is 7.45. The number of para-hydroxylation sites is 1. The minimum atomic E-state index is -0.328. The standard InChI is InChI=1S/C12H11N3O2S/c16-11-5-6-13-12(17)15(11)7-10-14-8-3-1-2-4-9(8)18-10/h1-4H,5-7H2,(H,13,17). The molecule has 1 saturated heterocycles. The molecule has 1 fully saturated rings. The Labute approximate surface area is 107 Å². The van der Waals surface area contributed by atoms with Gasteiger partial charge in [-0.25, -0.2) is 9.78 Å². The molecule has 2 aromatic rings. The van der Waals surface area contributed by atoms with Crippen molar-refractivity contribution in [2.75, 3.05) is 6.54 Å². The molecule has 1 aliphatic rings. The molecule has 0 spiro atoms. The summed E-state index contributed by atoms with van der Waals surface area (Å²) < 4.78 is 1.07. The number of carbonyl (C=O) groups excluding carboxylic acids is 2. The lowest BCUT2D eigenvalue weighted by Gasteiger charge is -2.24. The second kappa shape index (κ2) is 4.38. The molecule has 1 aliphatic heterocycles. The number of fused-ring (bicyclic) bond motifs is 1. The number of aromatic nitrogens is 1. The lowest BCUT2D eigenvalue weighted by atomic mass is 10.3. The van der Waals surface area contributed by atoms with Gasteiger partial charge in [-0.1, -0.05) is 12.1 Å². The third-order valence-corrected chi connectivity index (χ3v) is 3.81. The Bertz CT molecular complexity index is 574. The Kier molecular flexibility index (Phi) is 2.71. The Morgan fingerprint density at radius 3 is 2.94 bits per heavy atom. The van der Waals surface area contributed by atoms with Gasteiger partial charge in [-0.2, -0.15) is 0 Å². The minimum absolute atomic E-state index is 0.141. The van der Waals surface area contributed by atoms with Crippen molar-refractivity contribution in [2.24, 2.45) is 0 Å². The molecular formula is C12H11N3O2S. The first-order chi connectivity index (χ1) is 8.74. The summed E-state index contributed by atoms with van der Waals surface area (Å²) in [6.07, 6.45) is 0.358. The molecule has 0 atom stereocenters. The van der Waals surface area contributed by atoms with Crippen LogP contribution in [0.3, 0.4) is 0 Å². The van der Waals surface area contributed by atoms with E-state index in [1.54, 1.807) is 0 Å². The summed E-state index contributed by atoms with van der Waals surface area (Å²) in [4.78, 5) is 28.9. The second-order valence-corrected chi connectivity index (χ2v) is 5.15. The first-order valence-electron chi connectivity index (χ1n) is 5.67. The normalized spacial score (nSPS) is 16.1. The van der Waals surface area contributed by atoms with Crippen LogP contribution in [0, 0.1) is 0 Å². The fraction of sp³-hybridized carbons (Fsp3) is 0.250. The predicted molar refractivity (Wildman–Crippen MR) is 68.2 cm³/mol. The van der Waals surface area contributed by atoms with E-state index in [1.807, 2.05) is 24.3 Å². The average Bonchev–Trinajstić information content (AvgIpc) is 2.76. The van der Waals surface area contributed by atoms with Crippen molar-refractivity contribution in [3.8, 4) is 0 Å². The number of rotatable bonds is 2. The van der Waals surface area contributed by atoms with Gasteiger partial charge in [0.2, 0.25) is 5.91 Å². The van der Waals surface area contributed by atoms with Gasteiger partial charge >= 0.3 is 6.03 Å². The fourth-order valence-corrected chi connectivity index (χ4v) is 2.86. The number of carbonyl (C=O) groups is 2. The minimum Gasteiger partial charge on any atom is -0.337 e. The summed E-state index contributed by atoms with van der Waals surface area (Å²) in [5, 5.41) is 3.44. The number of benzene rings is 1. The van der Waals surface area contributed by atoms with Gasteiger partial charge in [0.25, 0.3) is 0 Å². The van der Waals surface area contributed by atoms with Gasteiger partial charge in [0.05, 0.1) is 16.8 Å². The van der Waals surface area contributed by atoms with Crippen molar-refractivity contribution >= 4 is 33.5 Å². The summed E-state index contributed by atoms with van der Waals surface area (Å²) in [7, 11) is 0. The summed E-state index contributed by atoms with van der Waals surface area (Å²) in [5.74, 6) is -0.141. The molecule has 0 saturated carbocycles. The zero-order valence-corrected chi connectivity index (χ0v) is 10.4. The number of hydrogen-bond acceptors (Lipinski definition) is 4. The van der Waals surface area contributed by atoms with Crippen LogP contribution >= 0.6 is 11.3 Å².